The predicted octanol–water partition coefficient (Wildman–Crippen LogP) is 3.99. The largest absolute Gasteiger partial charge is 0.481 e. The fourth-order valence-corrected chi connectivity index (χ4v) is 2.54. The zero-order valence-electron chi connectivity index (χ0n) is 9.71. The first kappa shape index (κ1) is 12.5. The lowest BCUT2D eigenvalue weighted by molar-refractivity contribution is -0.137. The average Bonchev–Trinajstić information content (AvgIpc) is 2.14. The Kier molecular flexibility index (Phi) is 6.45. The standard InChI is InChI=1S/C13H24O2/c14-13(15)11-7-6-10-12-8-4-2-1-3-5-9-12/h12H,1-11H2,(H,14,15). The molecule has 0 atom stereocenters. The molecule has 0 amide bonds. The molecule has 1 N–H and O–H groups in total. The van der Waals surface area contributed by atoms with E-state index < -0.39 is 5.97 Å². The summed E-state index contributed by atoms with van der Waals surface area (Å²) in [4.78, 5) is 10.4. The van der Waals surface area contributed by atoms with Crippen molar-refractivity contribution in [2.75, 3.05) is 0 Å². The van der Waals surface area contributed by atoms with E-state index >= 15 is 0 Å². The summed E-state index contributed by atoms with van der Waals surface area (Å²) in [5, 5.41) is 8.53. The van der Waals surface area contributed by atoms with Crippen LogP contribution in [0, 0.1) is 5.92 Å². The summed E-state index contributed by atoms with van der Waals surface area (Å²) in [7, 11) is 0. The highest BCUT2D eigenvalue weighted by atomic mass is 16.4. The summed E-state index contributed by atoms with van der Waals surface area (Å²) in [5.41, 5.74) is 0. The summed E-state index contributed by atoms with van der Waals surface area (Å²) in [6, 6.07) is 0. The highest BCUT2D eigenvalue weighted by Gasteiger charge is 2.10. The maximum atomic E-state index is 10.4. The van der Waals surface area contributed by atoms with Gasteiger partial charge in [-0.15, -0.1) is 0 Å². The van der Waals surface area contributed by atoms with Crippen LogP contribution in [0.15, 0.2) is 0 Å². The van der Waals surface area contributed by atoms with Gasteiger partial charge in [-0.05, 0) is 12.3 Å². The molecule has 0 heterocycles. The quantitative estimate of drug-likeness (QED) is 0.699. The maximum Gasteiger partial charge on any atom is 0.303 e. The summed E-state index contributed by atoms with van der Waals surface area (Å²) in [5.74, 6) is 0.242. The van der Waals surface area contributed by atoms with E-state index in [1.165, 1.54) is 51.4 Å². The minimum atomic E-state index is -0.646. The zero-order chi connectivity index (χ0) is 10.9. The third-order valence-electron chi connectivity index (χ3n) is 3.48. The smallest absolute Gasteiger partial charge is 0.303 e. The van der Waals surface area contributed by atoms with Gasteiger partial charge in [0, 0.05) is 6.42 Å². The lowest BCUT2D eigenvalue weighted by atomic mass is 9.87. The lowest BCUT2D eigenvalue weighted by Crippen LogP contribution is -2.04. The fraction of sp³-hybridized carbons (Fsp3) is 0.923. The molecule has 0 radical (unpaired) electrons. The van der Waals surface area contributed by atoms with Crippen molar-refractivity contribution in [3.05, 3.63) is 0 Å². The van der Waals surface area contributed by atoms with Crippen molar-refractivity contribution >= 4 is 5.97 Å². The Morgan fingerprint density at radius 1 is 1.00 bits per heavy atom. The molecule has 1 saturated carbocycles. The number of carboxylic acids is 1. The van der Waals surface area contributed by atoms with Crippen LogP contribution in [0.1, 0.15) is 70.6 Å². The van der Waals surface area contributed by atoms with Crippen molar-refractivity contribution in [2.24, 2.45) is 5.92 Å². The summed E-state index contributed by atoms with van der Waals surface area (Å²) >= 11 is 0. The summed E-state index contributed by atoms with van der Waals surface area (Å²) in [6.45, 7) is 0. The van der Waals surface area contributed by atoms with Gasteiger partial charge >= 0.3 is 5.97 Å². The molecule has 0 unspecified atom stereocenters. The molecule has 0 saturated heterocycles. The molecule has 2 heteroatoms. The number of hydrogen-bond donors (Lipinski definition) is 1. The van der Waals surface area contributed by atoms with E-state index in [1.54, 1.807) is 0 Å². The van der Waals surface area contributed by atoms with Crippen molar-refractivity contribution in [3.8, 4) is 0 Å². The Balaban J connectivity index is 2.04. The minimum Gasteiger partial charge on any atom is -0.481 e. The molecule has 2 nitrogen and oxygen atoms in total. The molecule has 1 aliphatic carbocycles. The highest BCUT2D eigenvalue weighted by Crippen LogP contribution is 2.26. The number of carboxylic acid groups (broad SMARTS) is 1. The van der Waals surface area contributed by atoms with Crippen LogP contribution in [0.25, 0.3) is 0 Å². The third-order valence-corrected chi connectivity index (χ3v) is 3.48. The maximum absolute atomic E-state index is 10.4. The van der Waals surface area contributed by atoms with Crippen LogP contribution in [0.4, 0.5) is 0 Å². The summed E-state index contributed by atoms with van der Waals surface area (Å²) in [6.07, 6.45) is 13.4. The van der Waals surface area contributed by atoms with Gasteiger partial charge in [0.05, 0.1) is 0 Å². The second-order valence-corrected chi connectivity index (χ2v) is 4.85. The first-order valence-corrected chi connectivity index (χ1v) is 6.51. The molecule has 15 heavy (non-hydrogen) atoms. The van der Waals surface area contributed by atoms with Gasteiger partial charge in [0.2, 0.25) is 0 Å². The molecule has 0 aromatic rings. The number of rotatable bonds is 5. The predicted molar refractivity (Wildman–Crippen MR) is 61.9 cm³/mol. The lowest BCUT2D eigenvalue weighted by Gasteiger charge is -2.19. The first-order valence-electron chi connectivity index (χ1n) is 6.51. The fourth-order valence-electron chi connectivity index (χ4n) is 2.54. The van der Waals surface area contributed by atoms with E-state index in [1.807, 2.05) is 0 Å². The van der Waals surface area contributed by atoms with E-state index in [2.05, 4.69) is 0 Å². The Morgan fingerprint density at radius 2 is 1.60 bits per heavy atom. The van der Waals surface area contributed by atoms with Crippen molar-refractivity contribution in [1.29, 1.82) is 0 Å². The molecule has 0 aromatic carbocycles. The van der Waals surface area contributed by atoms with E-state index in [-0.39, 0.29) is 0 Å². The first-order chi connectivity index (χ1) is 7.29. The minimum absolute atomic E-state index is 0.354. The van der Waals surface area contributed by atoms with Crippen molar-refractivity contribution < 1.29 is 9.90 Å². The molecule has 0 aliphatic heterocycles. The van der Waals surface area contributed by atoms with Crippen LogP contribution in [0.2, 0.25) is 0 Å². The Bertz CT molecular complexity index is 169. The van der Waals surface area contributed by atoms with Crippen LogP contribution in [-0.2, 0) is 4.79 Å². The number of carbonyl (C=O) groups is 1. The monoisotopic (exact) mass is 212 g/mol. The Labute approximate surface area is 93.1 Å². The van der Waals surface area contributed by atoms with Gasteiger partial charge in [-0.2, -0.15) is 0 Å². The van der Waals surface area contributed by atoms with Crippen molar-refractivity contribution in [2.45, 2.75) is 70.6 Å². The van der Waals surface area contributed by atoms with Gasteiger partial charge in [0.25, 0.3) is 0 Å². The molecule has 0 spiro atoms. The Morgan fingerprint density at radius 3 is 2.20 bits per heavy atom. The van der Waals surface area contributed by atoms with Crippen LogP contribution in [-0.4, -0.2) is 11.1 Å². The van der Waals surface area contributed by atoms with Gasteiger partial charge in [-0.25, -0.2) is 0 Å². The SMILES string of the molecule is O=C(O)CCCCC1CCCCCCC1. The summed E-state index contributed by atoms with van der Waals surface area (Å²) < 4.78 is 0. The van der Waals surface area contributed by atoms with Crippen molar-refractivity contribution in [1.82, 2.24) is 0 Å². The van der Waals surface area contributed by atoms with Crippen LogP contribution >= 0.6 is 0 Å². The normalized spacial score (nSPS) is 19.5. The van der Waals surface area contributed by atoms with Gasteiger partial charge in [0.15, 0.2) is 0 Å². The van der Waals surface area contributed by atoms with Gasteiger partial charge in [-0.3, -0.25) is 4.79 Å². The average molecular weight is 212 g/mol. The van der Waals surface area contributed by atoms with Crippen molar-refractivity contribution in [3.63, 3.8) is 0 Å². The van der Waals surface area contributed by atoms with E-state index in [9.17, 15) is 4.79 Å². The second-order valence-electron chi connectivity index (χ2n) is 4.85. The number of hydrogen-bond acceptors (Lipinski definition) is 1. The molecule has 1 rings (SSSR count). The van der Waals surface area contributed by atoms with Crippen LogP contribution in [0.5, 0.6) is 0 Å². The second kappa shape index (κ2) is 7.72. The van der Waals surface area contributed by atoms with E-state index in [4.69, 9.17) is 5.11 Å². The molecular weight excluding hydrogens is 188 g/mol. The number of aliphatic carboxylic acids is 1. The molecule has 0 aromatic heterocycles. The van der Waals surface area contributed by atoms with E-state index in [0.29, 0.717) is 6.42 Å². The zero-order valence-corrected chi connectivity index (χ0v) is 9.71. The van der Waals surface area contributed by atoms with Gasteiger partial charge < -0.3 is 5.11 Å². The van der Waals surface area contributed by atoms with Gasteiger partial charge in [0.1, 0.15) is 0 Å². The van der Waals surface area contributed by atoms with Crippen LogP contribution < -0.4 is 0 Å². The molecule has 88 valence electrons. The van der Waals surface area contributed by atoms with E-state index in [0.717, 1.165) is 18.8 Å². The third kappa shape index (κ3) is 6.53. The molecule has 1 aliphatic rings. The molecular formula is C13H24O2. The number of unbranched alkanes of at least 4 members (excludes halogenated alkanes) is 1. The highest BCUT2D eigenvalue weighted by molar-refractivity contribution is 5.66. The topological polar surface area (TPSA) is 37.3 Å². The van der Waals surface area contributed by atoms with Crippen LogP contribution in [0.3, 0.4) is 0 Å². The molecule has 0 bridgehead atoms. The van der Waals surface area contributed by atoms with Gasteiger partial charge in [-0.1, -0.05) is 57.8 Å². The Hall–Kier alpha value is -0.530. The molecule has 1 fully saturated rings.